The van der Waals surface area contributed by atoms with E-state index in [0.29, 0.717) is 13.0 Å². The maximum atomic E-state index is 12.0. The van der Waals surface area contributed by atoms with E-state index >= 15 is 0 Å². The van der Waals surface area contributed by atoms with Gasteiger partial charge in [-0.25, -0.2) is 0 Å². The van der Waals surface area contributed by atoms with Crippen molar-refractivity contribution in [3.05, 3.63) is 18.2 Å². The summed E-state index contributed by atoms with van der Waals surface area (Å²) < 4.78 is 0. The molecule has 2 aromatic rings. The summed E-state index contributed by atoms with van der Waals surface area (Å²) in [6.45, 7) is 2.09. The fourth-order valence-electron chi connectivity index (χ4n) is 2.23. The van der Waals surface area contributed by atoms with Gasteiger partial charge in [0.05, 0.1) is 0 Å². The van der Waals surface area contributed by atoms with E-state index in [0.717, 1.165) is 16.7 Å². The summed E-state index contributed by atoms with van der Waals surface area (Å²) in [6.07, 6.45) is 0.404. The second-order valence-corrected chi connectivity index (χ2v) is 5.91. The van der Waals surface area contributed by atoms with Gasteiger partial charge in [-0.15, -0.1) is 0 Å². The fraction of sp³-hybridized carbons (Fsp3) is 0.333. The molecule has 1 aromatic heterocycles. The molecular weight excluding hydrogens is 264 g/mol. The Bertz CT molecular complexity index is 654. The Morgan fingerprint density at radius 3 is 3.00 bits per heavy atom. The molecule has 1 fully saturated rings. The molecule has 7 heteroatoms. The first kappa shape index (κ1) is 12.2. The van der Waals surface area contributed by atoms with Crippen molar-refractivity contribution >= 4 is 39.5 Å². The molecule has 19 heavy (non-hydrogen) atoms. The first-order valence-corrected chi connectivity index (χ1v) is 6.79. The minimum atomic E-state index is 0.0398. The van der Waals surface area contributed by atoms with Crippen molar-refractivity contribution in [2.24, 2.45) is 0 Å². The maximum absolute atomic E-state index is 12.0. The topological polar surface area (TPSA) is 79.0 Å². The Labute approximate surface area is 113 Å². The molecule has 6 nitrogen and oxygen atoms in total. The minimum Gasteiger partial charge on any atom is -0.311 e. The smallest absolute Gasteiger partial charge is 0.228 e. The van der Waals surface area contributed by atoms with Crippen LogP contribution in [0, 0.1) is 0 Å². The standard InChI is InChI=1S/C12H12N4O2S/c1-7(17)19-9-5-12(18)16(6-9)8-2-3-10-11(4-8)14-15-13-10/h2-4,9H,5-6H2,1H3,(H,13,14,15). The van der Waals surface area contributed by atoms with E-state index in [-0.39, 0.29) is 16.3 Å². The average molecular weight is 276 g/mol. The first-order chi connectivity index (χ1) is 9.13. The normalized spacial score (nSPS) is 19.3. The highest BCUT2D eigenvalue weighted by atomic mass is 32.2. The zero-order chi connectivity index (χ0) is 13.4. The summed E-state index contributed by atoms with van der Waals surface area (Å²) in [6, 6.07) is 5.51. The third kappa shape index (κ3) is 2.33. The molecule has 0 radical (unpaired) electrons. The molecule has 1 unspecified atom stereocenters. The zero-order valence-electron chi connectivity index (χ0n) is 10.3. The van der Waals surface area contributed by atoms with Crippen molar-refractivity contribution in [3.63, 3.8) is 0 Å². The van der Waals surface area contributed by atoms with Gasteiger partial charge in [-0.05, 0) is 18.2 Å². The molecule has 1 N–H and O–H groups in total. The number of aromatic amines is 1. The first-order valence-electron chi connectivity index (χ1n) is 5.91. The zero-order valence-corrected chi connectivity index (χ0v) is 11.1. The molecule has 2 heterocycles. The van der Waals surface area contributed by atoms with Crippen LogP contribution in [0.5, 0.6) is 0 Å². The highest BCUT2D eigenvalue weighted by Crippen LogP contribution is 2.29. The second kappa shape index (κ2) is 4.65. The van der Waals surface area contributed by atoms with Crippen LogP contribution < -0.4 is 4.90 Å². The van der Waals surface area contributed by atoms with E-state index in [4.69, 9.17) is 0 Å². The molecule has 1 aromatic carbocycles. The van der Waals surface area contributed by atoms with Crippen LogP contribution in [0.4, 0.5) is 5.69 Å². The van der Waals surface area contributed by atoms with Gasteiger partial charge in [0.15, 0.2) is 5.12 Å². The van der Waals surface area contributed by atoms with Crippen LogP contribution in [0.25, 0.3) is 11.0 Å². The maximum Gasteiger partial charge on any atom is 0.228 e. The van der Waals surface area contributed by atoms with Gasteiger partial charge in [0.2, 0.25) is 5.91 Å². The lowest BCUT2D eigenvalue weighted by atomic mass is 10.2. The van der Waals surface area contributed by atoms with E-state index < -0.39 is 0 Å². The molecule has 0 saturated carbocycles. The lowest BCUT2D eigenvalue weighted by molar-refractivity contribution is -0.117. The van der Waals surface area contributed by atoms with Gasteiger partial charge in [0.25, 0.3) is 0 Å². The lowest BCUT2D eigenvalue weighted by Gasteiger charge is -2.16. The number of anilines is 1. The summed E-state index contributed by atoms with van der Waals surface area (Å²) in [4.78, 5) is 24.8. The van der Waals surface area contributed by atoms with E-state index in [9.17, 15) is 9.59 Å². The van der Waals surface area contributed by atoms with Gasteiger partial charge in [0, 0.05) is 30.8 Å². The number of benzene rings is 1. The summed E-state index contributed by atoms with van der Waals surface area (Å²) in [5.41, 5.74) is 2.30. The van der Waals surface area contributed by atoms with Gasteiger partial charge in [-0.3, -0.25) is 9.59 Å². The minimum absolute atomic E-state index is 0.0398. The highest BCUT2D eigenvalue weighted by Gasteiger charge is 2.32. The van der Waals surface area contributed by atoms with E-state index in [1.807, 2.05) is 18.2 Å². The van der Waals surface area contributed by atoms with Crippen LogP contribution in [0.1, 0.15) is 13.3 Å². The Kier molecular flexibility index (Phi) is 2.98. The largest absolute Gasteiger partial charge is 0.311 e. The van der Waals surface area contributed by atoms with E-state index in [1.165, 1.54) is 18.7 Å². The quantitative estimate of drug-likeness (QED) is 0.895. The number of nitrogens with zero attached hydrogens (tertiary/aromatic N) is 3. The number of carbonyl (C=O) groups excluding carboxylic acids is 2. The van der Waals surface area contributed by atoms with Crippen molar-refractivity contribution in [2.45, 2.75) is 18.6 Å². The molecule has 1 atom stereocenters. The number of rotatable bonds is 2. The SMILES string of the molecule is CC(=O)SC1CC(=O)N(c2ccc3n[nH]nc3c2)C1. The number of amides is 1. The number of aromatic nitrogens is 3. The molecule has 0 aliphatic carbocycles. The molecule has 3 rings (SSSR count). The van der Waals surface area contributed by atoms with Crippen LogP contribution in [-0.4, -0.2) is 38.2 Å². The van der Waals surface area contributed by atoms with Crippen LogP contribution in [0.2, 0.25) is 0 Å². The number of thioether (sulfide) groups is 1. The van der Waals surface area contributed by atoms with Crippen LogP contribution >= 0.6 is 11.8 Å². The monoisotopic (exact) mass is 276 g/mol. The van der Waals surface area contributed by atoms with Crippen molar-refractivity contribution in [3.8, 4) is 0 Å². The molecule has 1 saturated heterocycles. The Morgan fingerprint density at radius 2 is 2.21 bits per heavy atom. The molecule has 1 aliphatic heterocycles. The summed E-state index contributed by atoms with van der Waals surface area (Å²) in [5.74, 6) is 0.0431. The number of H-pyrrole nitrogens is 1. The van der Waals surface area contributed by atoms with Crippen molar-refractivity contribution in [1.82, 2.24) is 15.4 Å². The molecule has 1 aliphatic rings. The number of fused-ring (bicyclic) bond motifs is 1. The highest BCUT2D eigenvalue weighted by molar-refractivity contribution is 8.14. The Hall–Kier alpha value is -1.89. The van der Waals surface area contributed by atoms with Gasteiger partial charge >= 0.3 is 0 Å². The van der Waals surface area contributed by atoms with Crippen LogP contribution in [0.15, 0.2) is 18.2 Å². The van der Waals surface area contributed by atoms with Crippen LogP contribution in [-0.2, 0) is 9.59 Å². The fourth-order valence-corrected chi connectivity index (χ4v) is 3.15. The Balaban J connectivity index is 1.85. The summed E-state index contributed by atoms with van der Waals surface area (Å²) >= 11 is 1.23. The summed E-state index contributed by atoms with van der Waals surface area (Å²) in [5, 5.41) is 10.6. The van der Waals surface area contributed by atoms with Gasteiger partial charge in [-0.2, -0.15) is 15.4 Å². The third-order valence-electron chi connectivity index (χ3n) is 3.03. The van der Waals surface area contributed by atoms with Gasteiger partial charge in [-0.1, -0.05) is 11.8 Å². The number of hydrogen-bond acceptors (Lipinski definition) is 5. The van der Waals surface area contributed by atoms with Gasteiger partial charge in [0.1, 0.15) is 11.0 Å². The van der Waals surface area contributed by atoms with E-state index in [1.54, 1.807) is 4.90 Å². The molecule has 0 bridgehead atoms. The molecule has 0 spiro atoms. The third-order valence-corrected chi connectivity index (χ3v) is 4.01. The summed E-state index contributed by atoms with van der Waals surface area (Å²) in [7, 11) is 0. The number of hydrogen-bond donors (Lipinski definition) is 1. The molecule has 98 valence electrons. The second-order valence-electron chi connectivity index (χ2n) is 4.44. The van der Waals surface area contributed by atoms with E-state index in [2.05, 4.69) is 15.4 Å². The molecule has 1 amide bonds. The predicted octanol–water partition coefficient (Wildman–Crippen LogP) is 1.34. The van der Waals surface area contributed by atoms with Crippen molar-refractivity contribution in [1.29, 1.82) is 0 Å². The number of nitrogens with one attached hydrogen (secondary N) is 1. The lowest BCUT2D eigenvalue weighted by Crippen LogP contribution is -2.24. The van der Waals surface area contributed by atoms with Crippen LogP contribution in [0.3, 0.4) is 0 Å². The average Bonchev–Trinajstić information content (AvgIpc) is 2.93. The predicted molar refractivity (Wildman–Crippen MR) is 72.9 cm³/mol. The number of carbonyl (C=O) groups is 2. The van der Waals surface area contributed by atoms with Gasteiger partial charge < -0.3 is 4.90 Å². The Morgan fingerprint density at radius 1 is 1.42 bits per heavy atom. The van der Waals surface area contributed by atoms with Crippen molar-refractivity contribution in [2.75, 3.05) is 11.4 Å². The van der Waals surface area contributed by atoms with Crippen molar-refractivity contribution < 1.29 is 9.59 Å². The molecular formula is C12H12N4O2S.